The number of carbonyl (C=O) groups excluding carboxylic acids is 2. The summed E-state index contributed by atoms with van der Waals surface area (Å²) in [6, 6.07) is 5.15. The van der Waals surface area contributed by atoms with Crippen LogP contribution in [0, 0.1) is 4.77 Å². The first-order chi connectivity index (χ1) is 9.90. The van der Waals surface area contributed by atoms with Gasteiger partial charge in [-0.25, -0.2) is 4.99 Å². The molecule has 0 unspecified atom stereocenters. The van der Waals surface area contributed by atoms with Crippen LogP contribution in [0.2, 0.25) is 0 Å². The predicted octanol–water partition coefficient (Wildman–Crippen LogP) is 1.03. The van der Waals surface area contributed by atoms with E-state index >= 15 is 0 Å². The average Bonchev–Trinajstić information content (AvgIpc) is 2.85. The number of H-pyrrole nitrogens is 1. The van der Waals surface area contributed by atoms with Crippen molar-refractivity contribution in [3.8, 4) is 5.88 Å². The molecule has 1 aliphatic rings. The number of halogens is 1. The second-order valence-electron chi connectivity index (χ2n) is 4.44. The molecule has 6 nitrogen and oxygen atoms in total. The Kier molecular flexibility index (Phi) is 3.14. The van der Waals surface area contributed by atoms with Crippen LogP contribution in [0.5, 0.6) is 5.88 Å². The van der Waals surface area contributed by atoms with Gasteiger partial charge in [0.15, 0.2) is 4.77 Å². The summed E-state index contributed by atoms with van der Waals surface area (Å²) in [5.41, 5.74) is 0.185. The molecule has 2 heterocycles. The molecule has 1 aromatic heterocycles. The Morgan fingerprint density at radius 2 is 2.19 bits per heavy atom. The number of benzene rings is 1. The van der Waals surface area contributed by atoms with Gasteiger partial charge in [-0.3, -0.25) is 14.2 Å². The van der Waals surface area contributed by atoms with Gasteiger partial charge >= 0.3 is 0 Å². The number of imidazole rings is 1. The van der Waals surface area contributed by atoms with E-state index in [0.29, 0.717) is 10.6 Å². The number of aromatic hydroxyl groups is 1. The molecule has 0 aliphatic carbocycles. The van der Waals surface area contributed by atoms with Crippen molar-refractivity contribution in [2.45, 2.75) is 6.92 Å². The largest absolute Gasteiger partial charge is 0.493 e. The number of hydrogen-bond donors (Lipinski definition) is 2. The van der Waals surface area contributed by atoms with Crippen molar-refractivity contribution in [1.29, 1.82) is 0 Å². The van der Waals surface area contributed by atoms with Gasteiger partial charge < -0.3 is 10.1 Å². The molecule has 1 aliphatic heterocycles. The number of carbonyl (C=O) groups is 2. The van der Waals surface area contributed by atoms with Crippen LogP contribution in [-0.2, 0) is 4.79 Å². The van der Waals surface area contributed by atoms with Gasteiger partial charge in [0.25, 0.3) is 5.91 Å². The van der Waals surface area contributed by atoms with E-state index in [1.807, 2.05) is 0 Å². The third-order valence-electron chi connectivity index (χ3n) is 3.09. The number of amides is 1. The van der Waals surface area contributed by atoms with E-state index in [1.165, 1.54) is 6.92 Å². The van der Waals surface area contributed by atoms with Crippen LogP contribution in [0.25, 0.3) is 5.57 Å². The minimum absolute atomic E-state index is 0.0266. The molecule has 0 saturated carbocycles. The molecule has 0 atom stereocenters. The lowest BCUT2D eigenvalue weighted by molar-refractivity contribution is -0.112. The molecule has 106 valence electrons. The molecule has 8 heteroatoms. The number of nitrogens with zero attached hydrogens (tertiary/aromatic N) is 2. The Balaban J connectivity index is 2.50. The van der Waals surface area contributed by atoms with E-state index in [2.05, 4.69) is 25.9 Å². The van der Waals surface area contributed by atoms with Gasteiger partial charge in [-0.15, -0.1) is 0 Å². The topological polar surface area (TPSA) is 87.4 Å². The number of rotatable bonds is 1. The van der Waals surface area contributed by atoms with Gasteiger partial charge in [-0.2, -0.15) is 0 Å². The summed E-state index contributed by atoms with van der Waals surface area (Å²) in [7, 11) is 0. The fourth-order valence-electron chi connectivity index (χ4n) is 2.27. The molecule has 0 spiro atoms. The van der Waals surface area contributed by atoms with E-state index < -0.39 is 11.8 Å². The molecule has 2 N–H and O–H groups in total. The molecule has 0 fully saturated rings. The Bertz CT molecular complexity index is 987. The normalized spacial score (nSPS) is 13.2. The number of hydrogen-bond acceptors (Lipinski definition) is 4. The van der Waals surface area contributed by atoms with Crippen LogP contribution >= 0.6 is 28.1 Å². The van der Waals surface area contributed by atoms with Crippen molar-refractivity contribution >= 4 is 45.5 Å². The molecule has 2 aromatic rings. The highest BCUT2D eigenvalue weighted by Crippen LogP contribution is 2.25. The SMILES string of the molecule is CC(=O)n1c(C2=c3cc(Br)ccc3=NC2=O)c(O)[nH]c1=S. The van der Waals surface area contributed by atoms with E-state index in [4.69, 9.17) is 12.2 Å². The second kappa shape index (κ2) is 4.74. The Labute approximate surface area is 131 Å². The van der Waals surface area contributed by atoms with Crippen LogP contribution in [0.1, 0.15) is 17.4 Å². The summed E-state index contributed by atoms with van der Waals surface area (Å²) in [5, 5.41) is 11.0. The molecule has 0 radical (unpaired) electrons. The van der Waals surface area contributed by atoms with Crippen LogP contribution in [0.4, 0.5) is 0 Å². The van der Waals surface area contributed by atoms with Crippen LogP contribution < -0.4 is 10.6 Å². The zero-order chi connectivity index (χ0) is 15.3. The summed E-state index contributed by atoms with van der Waals surface area (Å²) in [6.45, 7) is 1.30. The summed E-state index contributed by atoms with van der Waals surface area (Å²) < 4.78 is 1.87. The third kappa shape index (κ3) is 2.07. The summed E-state index contributed by atoms with van der Waals surface area (Å²) in [5.74, 6) is -1.26. The number of nitrogens with one attached hydrogen (secondary N) is 1. The standard InChI is InChI=1S/C13H8BrN3O3S/c1-5(18)17-10(12(20)16-13(17)21)9-7-4-6(14)2-3-8(7)15-11(9)19/h2-4,20H,1H3,(H,16,21). The van der Waals surface area contributed by atoms with Crippen molar-refractivity contribution in [2.24, 2.45) is 4.99 Å². The number of fused-ring (bicyclic) bond motifs is 1. The summed E-state index contributed by atoms with van der Waals surface area (Å²) in [4.78, 5) is 30.3. The Morgan fingerprint density at radius 3 is 2.86 bits per heavy atom. The lowest BCUT2D eigenvalue weighted by Crippen LogP contribution is -2.24. The smallest absolute Gasteiger partial charge is 0.280 e. The van der Waals surface area contributed by atoms with Gasteiger partial charge in [-0.05, 0) is 30.4 Å². The van der Waals surface area contributed by atoms with Crippen molar-refractivity contribution in [2.75, 3.05) is 0 Å². The van der Waals surface area contributed by atoms with Gasteiger partial charge in [0, 0.05) is 16.6 Å². The first kappa shape index (κ1) is 13.9. The number of aromatic nitrogens is 2. The fourth-order valence-corrected chi connectivity index (χ4v) is 2.95. The highest BCUT2D eigenvalue weighted by molar-refractivity contribution is 9.10. The molecule has 21 heavy (non-hydrogen) atoms. The summed E-state index contributed by atoms with van der Waals surface area (Å²) >= 11 is 8.32. The fraction of sp³-hybridized carbons (Fsp3) is 0.0769. The lowest BCUT2D eigenvalue weighted by Gasteiger charge is -2.04. The minimum Gasteiger partial charge on any atom is -0.493 e. The molecular weight excluding hydrogens is 358 g/mol. The van der Waals surface area contributed by atoms with Crippen molar-refractivity contribution in [3.63, 3.8) is 0 Å². The molecule has 0 saturated heterocycles. The minimum atomic E-state index is -0.526. The van der Waals surface area contributed by atoms with Crippen molar-refractivity contribution in [3.05, 3.63) is 43.7 Å². The van der Waals surface area contributed by atoms with Gasteiger partial charge in [0.05, 0.1) is 10.9 Å². The third-order valence-corrected chi connectivity index (χ3v) is 3.87. The van der Waals surface area contributed by atoms with Crippen LogP contribution in [0.3, 0.4) is 0 Å². The lowest BCUT2D eigenvalue weighted by atomic mass is 10.1. The van der Waals surface area contributed by atoms with E-state index in [9.17, 15) is 14.7 Å². The maximum absolute atomic E-state index is 12.2. The van der Waals surface area contributed by atoms with E-state index in [1.54, 1.807) is 18.2 Å². The van der Waals surface area contributed by atoms with Crippen LogP contribution in [0.15, 0.2) is 27.7 Å². The van der Waals surface area contributed by atoms with Gasteiger partial charge in [0.1, 0.15) is 5.69 Å². The van der Waals surface area contributed by atoms with Crippen molar-refractivity contribution < 1.29 is 14.7 Å². The Morgan fingerprint density at radius 1 is 1.48 bits per heavy atom. The first-order valence-corrected chi connectivity index (χ1v) is 7.08. The van der Waals surface area contributed by atoms with Gasteiger partial charge in [-0.1, -0.05) is 15.9 Å². The van der Waals surface area contributed by atoms with Gasteiger partial charge in [0.2, 0.25) is 11.8 Å². The molecule has 0 bridgehead atoms. The first-order valence-electron chi connectivity index (χ1n) is 5.88. The highest BCUT2D eigenvalue weighted by Gasteiger charge is 2.27. The zero-order valence-electron chi connectivity index (χ0n) is 10.7. The average molecular weight is 366 g/mol. The predicted molar refractivity (Wildman–Crippen MR) is 80.0 cm³/mol. The molecule has 3 rings (SSSR count). The summed E-state index contributed by atoms with van der Waals surface area (Å²) in [6.07, 6.45) is 0. The van der Waals surface area contributed by atoms with Crippen LogP contribution in [-0.4, -0.2) is 26.5 Å². The van der Waals surface area contributed by atoms with Crippen molar-refractivity contribution in [1.82, 2.24) is 9.55 Å². The quantitative estimate of drug-likeness (QED) is 0.739. The Hall–Kier alpha value is -2.06. The van der Waals surface area contributed by atoms with E-state index in [-0.39, 0.29) is 21.9 Å². The van der Waals surface area contributed by atoms with E-state index in [0.717, 1.165) is 9.04 Å². The molecule has 1 aromatic carbocycles. The molecule has 1 amide bonds. The maximum Gasteiger partial charge on any atom is 0.280 e. The second-order valence-corrected chi connectivity index (χ2v) is 5.74. The highest BCUT2D eigenvalue weighted by atomic mass is 79.9. The molecular formula is C13H8BrN3O3S. The maximum atomic E-state index is 12.2. The monoisotopic (exact) mass is 365 g/mol. The number of aromatic amines is 1. The zero-order valence-corrected chi connectivity index (χ0v) is 13.1.